The Kier molecular flexibility index (Phi) is 14.7. The molecule has 1 heterocycles. The lowest BCUT2D eigenvalue weighted by molar-refractivity contribution is -0.127. The molecule has 0 saturated carbocycles. The highest BCUT2D eigenvalue weighted by molar-refractivity contribution is 8.15. The number of nitrogens with zero attached hydrogens (tertiary/aromatic N) is 3. The monoisotopic (exact) mass is 807 g/mol. The van der Waals surface area contributed by atoms with Crippen LogP contribution in [0.1, 0.15) is 59.3 Å². The molecule has 3 N–H and O–H groups in total. The molecule has 294 valence electrons. The third kappa shape index (κ3) is 12.4. The van der Waals surface area contributed by atoms with Crippen LogP contribution in [0.2, 0.25) is 0 Å². The number of likely N-dealkylation sites (N-methyl/N-ethyl adjacent to an activating group) is 1. The van der Waals surface area contributed by atoms with E-state index in [9.17, 15) is 36.3 Å². The number of hydrogen-bond donors (Lipinski definition) is 2. The van der Waals surface area contributed by atoms with Crippen LogP contribution in [-0.2, 0) is 22.6 Å². The Morgan fingerprint density at radius 2 is 1.75 bits per heavy atom. The number of carbonyl (C=O) groups excluding carboxylic acids is 3. The summed E-state index contributed by atoms with van der Waals surface area (Å²) in [7, 11) is 1.39. The van der Waals surface area contributed by atoms with Gasteiger partial charge in [-0.2, -0.15) is 26.9 Å². The smallest absolute Gasteiger partial charge is 0.393 e. The number of alkyl halides is 5. The zero-order valence-corrected chi connectivity index (χ0v) is 32.2. The molecular weight excluding hydrogens is 767 g/mol. The topological polar surface area (TPSA) is 117 Å². The van der Waals surface area contributed by atoms with Crippen LogP contribution in [0, 0.1) is 12.7 Å². The predicted octanol–water partition coefficient (Wildman–Crippen LogP) is 9.04. The van der Waals surface area contributed by atoms with Gasteiger partial charge >= 0.3 is 12.2 Å². The average Bonchev–Trinajstić information content (AvgIpc) is 3.46. The van der Waals surface area contributed by atoms with Crippen LogP contribution in [0.25, 0.3) is 5.70 Å². The molecule has 1 unspecified atom stereocenters. The first-order chi connectivity index (χ1) is 25.9. The molecule has 1 aliphatic heterocycles. The van der Waals surface area contributed by atoms with Crippen LogP contribution in [-0.4, -0.2) is 58.7 Å². The van der Waals surface area contributed by atoms with Gasteiger partial charge in [-0.25, -0.2) is 9.18 Å². The maximum absolute atomic E-state index is 15.4. The molecule has 1 fully saturated rings. The molecule has 55 heavy (non-hydrogen) atoms. The number of urea groups is 1. The highest BCUT2D eigenvalue weighted by Crippen LogP contribution is 2.32. The number of benzene rings is 3. The summed E-state index contributed by atoms with van der Waals surface area (Å²) < 4.78 is 85.6. The average molecular weight is 808 g/mol. The van der Waals surface area contributed by atoms with Crippen molar-refractivity contribution < 1.29 is 45.5 Å². The molecule has 4 rings (SSSR count). The Hall–Kier alpha value is -4.66. The molecular formula is C38H40F6N5O4PS. The number of rotatable bonds is 14. The Morgan fingerprint density at radius 3 is 2.36 bits per heavy atom. The van der Waals surface area contributed by atoms with E-state index in [0.29, 0.717) is 23.4 Å². The molecule has 0 spiro atoms. The van der Waals surface area contributed by atoms with Gasteiger partial charge in [0.15, 0.2) is 5.17 Å². The summed E-state index contributed by atoms with van der Waals surface area (Å²) in [4.78, 5) is 46.0. The van der Waals surface area contributed by atoms with Gasteiger partial charge in [-0.3, -0.25) is 14.5 Å². The van der Waals surface area contributed by atoms with E-state index in [1.54, 1.807) is 38.1 Å². The van der Waals surface area contributed by atoms with Crippen LogP contribution in [0.3, 0.4) is 0 Å². The molecule has 17 heteroatoms. The number of hydrogen-bond acceptors (Lipinski definition) is 6. The normalized spacial score (nSPS) is 14.8. The van der Waals surface area contributed by atoms with Crippen molar-refractivity contribution in [3.63, 3.8) is 0 Å². The fourth-order valence-electron chi connectivity index (χ4n) is 5.39. The summed E-state index contributed by atoms with van der Waals surface area (Å²) in [6.45, 7) is 4.51. The van der Waals surface area contributed by atoms with Crippen LogP contribution in [0.15, 0.2) is 83.5 Å². The number of unbranched alkanes of at least 4 members (excludes halogenated alkanes) is 1. The summed E-state index contributed by atoms with van der Waals surface area (Å²) in [6.07, 6.45) is -0.944. The second-order valence-electron chi connectivity index (χ2n) is 12.5. The zero-order chi connectivity index (χ0) is 40.5. The summed E-state index contributed by atoms with van der Waals surface area (Å²) in [5, 5.41) is 2.36. The van der Waals surface area contributed by atoms with Crippen molar-refractivity contribution in [2.75, 3.05) is 29.1 Å². The van der Waals surface area contributed by atoms with Crippen molar-refractivity contribution in [3.05, 3.63) is 112 Å². The number of aliphatic imine (C=N–C) groups is 1. The Bertz CT molecular complexity index is 1980. The Labute approximate surface area is 321 Å². The van der Waals surface area contributed by atoms with Gasteiger partial charge in [-0.1, -0.05) is 70.8 Å². The molecule has 9 nitrogen and oxygen atoms in total. The first kappa shape index (κ1) is 43.1. The van der Waals surface area contributed by atoms with Gasteiger partial charge < -0.3 is 20.7 Å². The molecule has 1 atom stereocenters. The van der Waals surface area contributed by atoms with E-state index in [1.807, 2.05) is 6.92 Å². The minimum absolute atomic E-state index is 0.00592. The minimum Gasteiger partial charge on any atom is -0.398 e. The lowest BCUT2D eigenvalue weighted by atomic mass is 10.1. The molecule has 3 aromatic carbocycles. The minimum atomic E-state index is -4.39. The number of ether oxygens (including phenoxy) is 1. The maximum Gasteiger partial charge on any atom is 0.393 e. The number of allylic oxidation sites excluding steroid dienone is 2. The predicted molar refractivity (Wildman–Crippen MR) is 206 cm³/mol. The van der Waals surface area contributed by atoms with E-state index in [4.69, 9.17) is 10.5 Å². The standard InChI is InChI=1S/C38H40F6N5O4PS/c1-4-6-7-28(48(5-2)34(51)25-12-9-24(10-13-25)19-37(40,41)42)18-30(45)26-14-15-31(29(39)17-26)46-35(52)47-36-49(33(50)21-55-36)32-16-23(3)8-11-27(32)20-53-22-38(43,44)54/h7-18H,4-6,19-22,45,54H2,1-3H3,(H,46,52)/b28-7+,30-18-,47-36-. The number of nitrogens with two attached hydrogens (primary N) is 1. The Morgan fingerprint density at radius 1 is 1.05 bits per heavy atom. The molecule has 0 aromatic heterocycles. The number of thioether (sulfide) groups is 1. The van der Waals surface area contributed by atoms with Crippen molar-refractivity contribution in [1.82, 2.24) is 4.90 Å². The SMILES string of the molecule is CCC/C=C(\C=C(/N)c1ccc(NC(=O)/N=C2\SCC(=O)N2c2cc(C)ccc2COCC(F)(F)P)c(F)c1)N(CC)C(=O)c1ccc(CC(F)(F)F)cc1. The van der Waals surface area contributed by atoms with E-state index in [2.05, 4.69) is 10.3 Å². The number of nitrogens with one attached hydrogen (secondary N) is 1. The molecule has 0 radical (unpaired) electrons. The molecule has 3 aromatic rings. The van der Waals surface area contributed by atoms with E-state index in [-0.39, 0.29) is 52.1 Å². The van der Waals surface area contributed by atoms with Gasteiger partial charge in [0.1, 0.15) is 12.4 Å². The van der Waals surface area contributed by atoms with Gasteiger partial charge in [0.05, 0.1) is 30.2 Å². The van der Waals surface area contributed by atoms with Gasteiger partial charge in [0.2, 0.25) is 5.91 Å². The first-order valence-electron chi connectivity index (χ1n) is 17.0. The number of amidine groups is 1. The molecule has 4 amide bonds. The third-order valence-electron chi connectivity index (χ3n) is 7.96. The second kappa shape index (κ2) is 18.8. The number of carbonyl (C=O) groups is 3. The number of anilines is 2. The van der Waals surface area contributed by atoms with Crippen molar-refractivity contribution in [2.45, 2.75) is 58.5 Å². The highest BCUT2D eigenvalue weighted by atomic mass is 32.2. The number of aryl methyl sites for hydroxylation is 1. The fourth-order valence-corrected chi connectivity index (χ4v) is 6.36. The molecule has 0 aliphatic carbocycles. The van der Waals surface area contributed by atoms with Crippen LogP contribution >= 0.6 is 21.0 Å². The zero-order valence-electron chi connectivity index (χ0n) is 30.2. The molecule has 0 bridgehead atoms. The second-order valence-corrected chi connectivity index (χ2v) is 14.3. The van der Waals surface area contributed by atoms with Crippen molar-refractivity contribution in [3.8, 4) is 0 Å². The molecule has 1 aliphatic rings. The van der Waals surface area contributed by atoms with Crippen LogP contribution < -0.4 is 16.0 Å². The van der Waals surface area contributed by atoms with Crippen LogP contribution in [0.4, 0.5) is 42.5 Å². The first-order valence-corrected chi connectivity index (χ1v) is 18.6. The lowest BCUT2D eigenvalue weighted by Crippen LogP contribution is -2.31. The number of amides is 4. The highest BCUT2D eigenvalue weighted by Gasteiger charge is 2.33. The quantitative estimate of drug-likeness (QED) is 0.0955. The van der Waals surface area contributed by atoms with Crippen LogP contribution in [0.5, 0.6) is 0 Å². The van der Waals surface area contributed by atoms with Crippen molar-refractivity contribution in [1.29, 1.82) is 0 Å². The lowest BCUT2D eigenvalue weighted by Gasteiger charge is -2.23. The van der Waals surface area contributed by atoms with E-state index < -0.39 is 48.5 Å². The Balaban J connectivity index is 1.52. The van der Waals surface area contributed by atoms with Gasteiger partial charge in [-0.15, -0.1) is 0 Å². The number of halogens is 6. The maximum atomic E-state index is 15.4. The van der Waals surface area contributed by atoms with Gasteiger partial charge in [0.25, 0.3) is 11.6 Å². The third-order valence-corrected chi connectivity index (χ3v) is 9.05. The van der Waals surface area contributed by atoms with Crippen molar-refractivity contribution >= 4 is 61.1 Å². The summed E-state index contributed by atoms with van der Waals surface area (Å²) in [5.74, 6) is -1.79. The summed E-state index contributed by atoms with van der Waals surface area (Å²) in [5.41, 5.74) is 5.36. The summed E-state index contributed by atoms with van der Waals surface area (Å²) in [6, 6.07) is 13.0. The van der Waals surface area contributed by atoms with E-state index in [0.717, 1.165) is 29.8 Å². The fraction of sp³-hybridized carbons (Fsp3) is 0.316. The van der Waals surface area contributed by atoms with E-state index >= 15 is 4.39 Å². The largest absolute Gasteiger partial charge is 0.398 e. The summed E-state index contributed by atoms with van der Waals surface area (Å²) >= 11 is 0.973. The van der Waals surface area contributed by atoms with Crippen molar-refractivity contribution in [2.24, 2.45) is 10.7 Å². The van der Waals surface area contributed by atoms with Gasteiger partial charge in [-0.05, 0) is 67.8 Å². The van der Waals surface area contributed by atoms with E-state index in [1.165, 1.54) is 61.5 Å². The van der Waals surface area contributed by atoms with Gasteiger partial charge in [0, 0.05) is 34.6 Å². The molecule has 1 saturated heterocycles.